The normalized spacial score (nSPS) is 18.3. The van der Waals surface area contributed by atoms with Gasteiger partial charge in [-0.25, -0.2) is 9.78 Å². The molecule has 1 aromatic carbocycles. The zero-order valence-corrected chi connectivity index (χ0v) is 14.4. The van der Waals surface area contributed by atoms with Gasteiger partial charge in [-0.15, -0.1) is 11.3 Å². The molecule has 1 aliphatic rings. The fraction of sp³-hybridized carbons (Fsp3) is 0.333. The third-order valence-electron chi connectivity index (χ3n) is 3.55. The summed E-state index contributed by atoms with van der Waals surface area (Å²) in [6.07, 6.45) is 0.975. The van der Waals surface area contributed by atoms with Crippen LogP contribution in [-0.4, -0.2) is 40.2 Å². The second kappa shape index (κ2) is 7.05. The molecule has 1 atom stereocenters. The molecule has 3 rings (SSSR count). The lowest BCUT2D eigenvalue weighted by molar-refractivity contribution is 0.0691. The Kier molecular flexibility index (Phi) is 5.06. The summed E-state index contributed by atoms with van der Waals surface area (Å²) in [6, 6.07) is 5.23. The van der Waals surface area contributed by atoms with E-state index in [2.05, 4.69) is 9.88 Å². The summed E-state index contributed by atoms with van der Waals surface area (Å²) in [4.78, 5) is 17.2. The Labute approximate surface area is 147 Å². The van der Waals surface area contributed by atoms with E-state index in [4.69, 9.17) is 33.0 Å². The van der Waals surface area contributed by atoms with Crippen LogP contribution >= 0.6 is 34.5 Å². The van der Waals surface area contributed by atoms with Crippen LogP contribution in [0.3, 0.4) is 0 Å². The van der Waals surface area contributed by atoms with Gasteiger partial charge in [0.1, 0.15) is 16.9 Å². The number of rotatable bonds is 5. The van der Waals surface area contributed by atoms with Gasteiger partial charge in [-0.05, 0) is 18.6 Å². The molecular formula is C15H14Cl2N2O3S. The van der Waals surface area contributed by atoms with Crippen molar-refractivity contribution in [2.75, 3.05) is 13.1 Å². The topological polar surface area (TPSA) is 62.7 Å². The minimum Gasteiger partial charge on any atom is -0.489 e. The second-order valence-corrected chi connectivity index (χ2v) is 7.03. The number of aromatic carboxylic acids is 1. The SMILES string of the molecule is O=C(O)c1csc(CN2CCC(Oc3ccc(Cl)c(Cl)c3)C2)n1. The van der Waals surface area contributed by atoms with Gasteiger partial charge in [0, 0.05) is 24.5 Å². The maximum atomic E-state index is 10.8. The van der Waals surface area contributed by atoms with Crippen LogP contribution in [0.1, 0.15) is 21.9 Å². The van der Waals surface area contributed by atoms with Crippen molar-refractivity contribution in [1.82, 2.24) is 9.88 Å². The van der Waals surface area contributed by atoms with Crippen LogP contribution in [0.4, 0.5) is 0 Å². The minimum absolute atomic E-state index is 0.0751. The minimum atomic E-state index is -0.991. The lowest BCUT2D eigenvalue weighted by Crippen LogP contribution is -2.24. The number of benzene rings is 1. The van der Waals surface area contributed by atoms with Crippen LogP contribution in [0, 0.1) is 0 Å². The van der Waals surface area contributed by atoms with E-state index in [1.807, 2.05) is 0 Å². The molecule has 5 nitrogen and oxygen atoms in total. The highest BCUT2D eigenvalue weighted by Crippen LogP contribution is 2.28. The standard InChI is InChI=1S/C15H14Cl2N2O3S/c16-11-2-1-9(5-12(11)17)22-10-3-4-19(6-10)7-14-18-13(8-23-14)15(20)21/h1-2,5,8,10H,3-4,6-7H2,(H,20,21). The van der Waals surface area contributed by atoms with Gasteiger partial charge in [0.05, 0.1) is 16.6 Å². The number of carboxylic acid groups (broad SMARTS) is 1. The Balaban J connectivity index is 1.55. The van der Waals surface area contributed by atoms with Gasteiger partial charge < -0.3 is 9.84 Å². The number of ether oxygens (including phenoxy) is 1. The number of hydrogen-bond acceptors (Lipinski definition) is 5. The Morgan fingerprint density at radius 1 is 1.43 bits per heavy atom. The van der Waals surface area contributed by atoms with E-state index in [0.717, 1.165) is 24.5 Å². The molecule has 0 saturated carbocycles. The largest absolute Gasteiger partial charge is 0.489 e. The van der Waals surface area contributed by atoms with Crippen molar-refractivity contribution in [3.63, 3.8) is 0 Å². The Morgan fingerprint density at radius 2 is 2.26 bits per heavy atom. The highest BCUT2D eigenvalue weighted by Gasteiger charge is 2.25. The molecule has 2 heterocycles. The summed E-state index contributed by atoms with van der Waals surface area (Å²) >= 11 is 13.2. The van der Waals surface area contributed by atoms with Crippen LogP contribution in [0.15, 0.2) is 23.6 Å². The third kappa shape index (κ3) is 4.14. The van der Waals surface area contributed by atoms with Crippen molar-refractivity contribution < 1.29 is 14.6 Å². The fourth-order valence-electron chi connectivity index (χ4n) is 2.45. The van der Waals surface area contributed by atoms with Gasteiger partial charge in [-0.3, -0.25) is 4.90 Å². The molecule has 0 amide bonds. The van der Waals surface area contributed by atoms with E-state index in [1.54, 1.807) is 23.6 Å². The Morgan fingerprint density at radius 3 is 2.96 bits per heavy atom. The highest BCUT2D eigenvalue weighted by atomic mass is 35.5. The summed E-state index contributed by atoms with van der Waals surface area (Å²) in [5.74, 6) is -0.289. The molecule has 2 aromatic rings. The average molecular weight is 373 g/mol. The van der Waals surface area contributed by atoms with E-state index in [0.29, 0.717) is 22.3 Å². The molecule has 8 heteroatoms. The van der Waals surface area contributed by atoms with Crippen molar-refractivity contribution in [2.45, 2.75) is 19.1 Å². The van der Waals surface area contributed by atoms with E-state index in [1.165, 1.54) is 11.3 Å². The molecule has 1 aromatic heterocycles. The number of carboxylic acids is 1. The number of likely N-dealkylation sites (tertiary alicyclic amines) is 1. The lowest BCUT2D eigenvalue weighted by atomic mass is 10.3. The molecule has 1 unspecified atom stereocenters. The average Bonchev–Trinajstić information content (AvgIpc) is 3.13. The maximum absolute atomic E-state index is 10.8. The Hall–Kier alpha value is -1.34. The molecule has 0 bridgehead atoms. The summed E-state index contributed by atoms with van der Waals surface area (Å²) < 4.78 is 5.93. The molecule has 1 fully saturated rings. The predicted molar refractivity (Wildman–Crippen MR) is 89.8 cm³/mol. The molecule has 0 radical (unpaired) electrons. The lowest BCUT2D eigenvalue weighted by Gasteiger charge is -2.16. The maximum Gasteiger partial charge on any atom is 0.355 e. The van der Waals surface area contributed by atoms with Gasteiger partial charge in [0.25, 0.3) is 0 Å². The van der Waals surface area contributed by atoms with E-state index >= 15 is 0 Å². The van der Waals surface area contributed by atoms with Crippen LogP contribution in [0.5, 0.6) is 5.75 Å². The van der Waals surface area contributed by atoms with Crippen molar-refractivity contribution in [1.29, 1.82) is 0 Å². The third-order valence-corrected chi connectivity index (χ3v) is 5.13. The first-order valence-electron chi connectivity index (χ1n) is 7.03. The molecule has 122 valence electrons. The quantitative estimate of drug-likeness (QED) is 0.864. The van der Waals surface area contributed by atoms with Crippen LogP contribution in [0.2, 0.25) is 10.0 Å². The number of thiazole rings is 1. The smallest absolute Gasteiger partial charge is 0.355 e. The monoisotopic (exact) mass is 372 g/mol. The zero-order valence-electron chi connectivity index (χ0n) is 12.0. The molecule has 0 spiro atoms. The Bertz CT molecular complexity index is 722. The van der Waals surface area contributed by atoms with E-state index in [9.17, 15) is 4.79 Å². The fourth-order valence-corrected chi connectivity index (χ4v) is 3.55. The molecule has 1 aliphatic heterocycles. The van der Waals surface area contributed by atoms with Gasteiger partial charge in [0.15, 0.2) is 5.69 Å². The first kappa shape index (κ1) is 16.5. The van der Waals surface area contributed by atoms with Gasteiger partial charge in [-0.2, -0.15) is 0 Å². The number of hydrogen-bond donors (Lipinski definition) is 1. The first-order valence-corrected chi connectivity index (χ1v) is 8.66. The van der Waals surface area contributed by atoms with Crippen molar-refractivity contribution in [3.8, 4) is 5.75 Å². The molecule has 0 aliphatic carbocycles. The van der Waals surface area contributed by atoms with Gasteiger partial charge in [-0.1, -0.05) is 23.2 Å². The van der Waals surface area contributed by atoms with Crippen molar-refractivity contribution >= 4 is 40.5 Å². The summed E-state index contributed by atoms with van der Waals surface area (Å²) in [7, 11) is 0. The van der Waals surface area contributed by atoms with E-state index < -0.39 is 5.97 Å². The molecule has 1 N–H and O–H groups in total. The molecule has 23 heavy (non-hydrogen) atoms. The molecular weight excluding hydrogens is 359 g/mol. The summed E-state index contributed by atoms with van der Waals surface area (Å²) in [6.45, 7) is 2.29. The molecule has 1 saturated heterocycles. The summed E-state index contributed by atoms with van der Waals surface area (Å²) in [5.41, 5.74) is 0.104. The van der Waals surface area contributed by atoms with Gasteiger partial charge in [0.2, 0.25) is 0 Å². The number of aromatic nitrogens is 1. The van der Waals surface area contributed by atoms with Crippen molar-refractivity contribution in [3.05, 3.63) is 44.3 Å². The van der Waals surface area contributed by atoms with Crippen LogP contribution < -0.4 is 4.74 Å². The number of carbonyl (C=O) groups is 1. The van der Waals surface area contributed by atoms with Gasteiger partial charge >= 0.3 is 5.97 Å². The van der Waals surface area contributed by atoms with Crippen LogP contribution in [0.25, 0.3) is 0 Å². The van der Waals surface area contributed by atoms with Crippen LogP contribution in [-0.2, 0) is 6.54 Å². The number of nitrogens with zero attached hydrogens (tertiary/aromatic N) is 2. The number of halogens is 2. The van der Waals surface area contributed by atoms with Crippen molar-refractivity contribution in [2.24, 2.45) is 0 Å². The summed E-state index contributed by atoms with van der Waals surface area (Å²) in [5, 5.41) is 12.2. The zero-order chi connectivity index (χ0) is 16.4. The second-order valence-electron chi connectivity index (χ2n) is 5.27. The predicted octanol–water partition coefficient (Wildman–Crippen LogP) is 3.80. The first-order chi connectivity index (χ1) is 11.0. The highest BCUT2D eigenvalue weighted by molar-refractivity contribution is 7.09. The van der Waals surface area contributed by atoms with E-state index in [-0.39, 0.29) is 11.8 Å².